The monoisotopic (exact) mass is 276 g/mol. The Morgan fingerprint density at radius 3 is 2.50 bits per heavy atom. The molecule has 0 spiro atoms. The van der Waals surface area contributed by atoms with Crippen LogP contribution in [0, 0.1) is 5.92 Å². The number of hydrogen-bond acceptors (Lipinski definition) is 4. The standard InChI is InChI=1S/C11H20N2O4S/c14-11(15)2-1-7-18(16,17)12-10-8-13-5-3-9(10)4-6-13/h9-10,12H,1-8H2,(H,14,15). The first-order valence-corrected chi connectivity index (χ1v) is 8.06. The highest BCUT2D eigenvalue weighted by Crippen LogP contribution is 2.27. The van der Waals surface area contributed by atoms with Crippen LogP contribution in [0.3, 0.4) is 0 Å². The van der Waals surface area contributed by atoms with E-state index in [4.69, 9.17) is 5.11 Å². The first-order chi connectivity index (χ1) is 8.46. The van der Waals surface area contributed by atoms with E-state index in [0.29, 0.717) is 5.92 Å². The number of carboxylic acids is 1. The molecule has 6 nitrogen and oxygen atoms in total. The molecule has 3 rings (SSSR count). The minimum absolute atomic E-state index is 0.0160. The van der Waals surface area contributed by atoms with Gasteiger partial charge in [0.2, 0.25) is 10.0 Å². The van der Waals surface area contributed by atoms with Gasteiger partial charge in [-0.1, -0.05) is 0 Å². The molecule has 0 radical (unpaired) electrons. The number of piperidine rings is 3. The van der Waals surface area contributed by atoms with Crippen LogP contribution in [0.4, 0.5) is 0 Å². The Morgan fingerprint density at radius 1 is 1.33 bits per heavy atom. The van der Waals surface area contributed by atoms with Crippen molar-refractivity contribution in [1.82, 2.24) is 9.62 Å². The number of hydrogen-bond donors (Lipinski definition) is 2. The smallest absolute Gasteiger partial charge is 0.303 e. The fourth-order valence-electron chi connectivity index (χ4n) is 2.80. The van der Waals surface area contributed by atoms with E-state index in [9.17, 15) is 13.2 Å². The molecule has 1 atom stereocenters. The van der Waals surface area contributed by atoms with Crippen molar-refractivity contribution < 1.29 is 18.3 Å². The van der Waals surface area contributed by atoms with E-state index in [1.54, 1.807) is 0 Å². The van der Waals surface area contributed by atoms with Crippen molar-refractivity contribution in [2.24, 2.45) is 5.92 Å². The van der Waals surface area contributed by atoms with E-state index in [1.807, 2.05) is 0 Å². The van der Waals surface area contributed by atoms with Crippen molar-refractivity contribution in [3.05, 3.63) is 0 Å². The average Bonchev–Trinajstić information content (AvgIpc) is 2.29. The van der Waals surface area contributed by atoms with Crippen molar-refractivity contribution in [2.45, 2.75) is 31.7 Å². The number of nitrogens with zero attached hydrogens (tertiary/aromatic N) is 1. The second-order valence-electron chi connectivity index (χ2n) is 5.18. The SMILES string of the molecule is O=C(O)CCCS(=O)(=O)NC1CN2CCC1CC2. The largest absolute Gasteiger partial charge is 0.481 e. The molecule has 3 saturated heterocycles. The normalized spacial score (nSPS) is 31.4. The molecule has 0 aromatic rings. The Hall–Kier alpha value is -0.660. The summed E-state index contributed by atoms with van der Waals surface area (Å²) in [6, 6.07) is 0.0160. The van der Waals surface area contributed by atoms with Crippen LogP contribution in [0.25, 0.3) is 0 Å². The van der Waals surface area contributed by atoms with Gasteiger partial charge in [-0.15, -0.1) is 0 Å². The van der Waals surface area contributed by atoms with Crippen molar-refractivity contribution in [3.8, 4) is 0 Å². The molecule has 2 N–H and O–H groups in total. The molecular formula is C11H20N2O4S. The summed E-state index contributed by atoms with van der Waals surface area (Å²) in [5.74, 6) is -0.597. The lowest BCUT2D eigenvalue weighted by Gasteiger charge is -2.44. The van der Waals surface area contributed by atoms with Gasteiger partial charge in [0.25, 0.3) is 0 Å². The summed E-state index contributed by atoms with van der Waals surface area (Å²) >= 11 is 0. The highest BCUT2D eigenvalue weighted by molar-refractivity contribution is 7.89. The average molecular weight is 276 g/mol. The van der Waals surface area contributed by atoms with E-state index in [-0.39, 0.29) is 24.6 Å². The molecule has 0 aromatic heterocycles. The Morgan fingerprint density at radius 2 is 2.00 bits per heavy atom. The lowest BCUT2D eigenvalue weighted by atomic mass is 9.85. The first-order valence-electron chi connectivity index (χ1n) is 6.40. The molecule has 18 heavy (non-hydrogen) atoms. The van der Waals surface area contributed by atoms with E-state index in [2.05, 4.69) is 9.62 Å². The van der Waals surface area contributed by atoms with E-state index in [0.717, 1.165) is 32.5 Å². The second-order valence-corrected chi connectivity index (χ2v) is 7.05. The summed E-state index contributed by atoms with van der Waals surface area (Å²) in [5.41, 5.74) is 0. The van der Waals surface area contributed by atoms with Crippen LogP contribution in [0.2, 0.25) is 0 Å². The molecule has 1 unspecified atom stereocenters. The molecule has 0 aromatic carbocycles. The molecule has 0 saturated carbocycles. The molecule has 0 aliphatic carbocycles. The van der Waals surface area contributed by atoms with Crippen LogP contribution in [-0.4, -0.2) is 55.8 Å². The molecule has 3 heterocycles. The Kier molecular flexibility index (Phi) is 4.24. The molecule has 104 valence electrons. The lowest BCUT2D eigenvalue weighted by molar-refractivity contribution is -0.137. The molecule has 3 aliphatic heterocycles. The number of sulfonamides is 1. The molecule has 3 aliphatic rings. The first kappa shape index (κ1) is 13.8. The summed E-state index contributed by atoms with van der Waals surface area (Å²) < 4.78 is 26.4. The van der Waals surface area contributed by atoms with Gasteiger partial charge >= 0.3 is 5.97 Å². The number of carbonyl (C=O) groups is 1. The van der Waals surface area contributed by atoms with E-state index in [1.165, 1.54) is 0 Å². The molecule has 3 fully saturated rings. The predicted molar refractivity (Wildman–Crippen MR) is 66.7 cm³/mol. The highest BCUT2D eigenvalue weighted by atomic mass is 32.2. The van der Waals surface area contributed by atoms with Crippen molar-refractivity contribution in [3.63, 3.8) is 0 Å². The molecule has 7 heteroatoms. The third kappa shape index (κ3) is 3.66. The van der Waals surface area contributed by atoms with Crippen LogP contribution in [0.1, 0.15) is 25.7 Å². The quantitative estimate of drug-likeness (QED) is 0.705. The van der Waals surface area contributed by atoms with Crippen molar-refractivity contribution >= 4 is 16.0 Å². The van der Waals surface area contributed by atoms with Crippen molar-refractivity contribution in [2.75, 3.05) is 25.4 Å². The van der Waals surface area contributed by atoms with Crippen LogP contribution < -0.4 is 4.72 Å². The van der Waals surface area contributed by atoms with Gasteiger partial charge in [-0.25, -0.2) is 13.1 Å². The van der Waals surface area contributed by atoms with Gasteiger partial charge in [-0.05, 0) is 38.3 Å². The van der Waals surface area contributed by atoms with E-state index >= 15 is 0 Å². The second kappa shape index (κ2) is 5.54. The maximum Gasteiger partial charge on any atom is 0.303 e. The topological polar surface area (TPSA) is 86.7 Å². The van der Waals surface area contributed by atoms with Gasteiger partial charge in [-0.3, -0.25) is 4.79 Å². The Labute approximate surface area is 107 Å². The number of nitrogens with one attached hydrogen (secondary N) is 1. The van der Waals surface area contributed by atoms with Gasteiger partial charge in [0, 0.05) is 19.0 Å². The van der Waals surface area contributed by atoms with Crippen molar-refractivity contribution in [1.29, 1.82) is 0 Å². The highest BCUT2D eigenvalue weighted by Gasteiger charge is 2.35. The van der Waals surface area contributed by atoms with Crippen LogP contribution in [0.15, 0.2) is 0 Å². The maximum atomic E-state index is 11.8. The van der Waals surface area contributed by atoms with Crippen LogP contribution in [0.5, 0.6) is 0 Å². The fourth-order valence-corrected chi connectivity index (χ4v) is 4.17. The third-order valence-electron chi connectivity index (χ3n) is 3.79. The Bertz CT molecular complexity index is 401. The van der Waals surface area contributed by atoms with E-state index < -0.39 is 16.0 Å². The maximum absolute atomic E-state index is 11.8. The number of fused-ring (bicyclic) bond motifs is 3. The zero-order valence-corrected chi connectivity index (χ0v) is 11.2. The number of rotatable bonds is 6. The summed E-state index contributed by atoms with van der Waals surface area (Å²) in [7, 11) is -3.34. The molecular weight excluding hydrogens is 256 g/mol. The zero-order chi connectivity index (χ0) is 13.2. The lowest BCUT2D eigenvalue weighted by Crippen LogP contribution is -2.57. The van der Waals surface area contributed by atoms with Gasteiger partial charge in [-0.2, -0.15) is 0 Å². The van der Waals surface area contributed by atoms with Gasteiger partial charge in [0.05, 0.1) is 5.75 Å². The summed E-state index contributed by atoms with van der Waals surface area (Å²) in [4.78, 5) is 12.6. The van der Waals surface area contributed by atoms with Gasteiger partial charge in [0.1, 0.15) is 0 Å². The van der Waals surface area contributed by atoms with Crippen LogP contribution >= 0.6 is 0 Å². The predicted octanol–water partition coefficient (Wildman–Crippen LogP) is -0.135. The minimum Gasteiger partial charge on any atom is -0.481 e. The minimum atomic E-state index is -3.34. The van der Waals surface area contributed by atoms with Gasteiger partial charge in [0.15, 0.2) is 0 Å². The zero-order valence-electron chi connectivity index (χ0n) is 10.3. The Balaban J connectivity index is 1.82. The number of carboxylic acid groups (broad SMARTS) is 1. The molecule has 0 amide bonds. The fraction of sp³-hybridized carbons (Fsp3) is 0.909. The van der Waals surface area contributed by atoms with Gasteiger partial charge < -0.3 is 10.0 Å². The van der Waals surface area contributed by atoms with Crippen LogP contribution in [-0.2, 0) is 14.8 Å². The number of aliphatic carboxylic acids is 1. The third-order valence-corrected chi connectivity index (χ3v) is 5.28. The molecule has 2 bridgehead atoms. The summed E-state index contributed by atoms with van der Waals surface area (Å²) in [6.07, 6.45) is 2.19. The summed E-state index contributed by atoms with van der Waals surface area (Å²) in [6.45, 7) is 2.94. The summed E-state index contributed by atoms with van der Waals surface area (Å²) in [5, 5.41) is 8.50.